The van der Waals surface area contributed by atoms with Crippen LogP contribution in [0.3, 0.4) is 0 Å². The Kier molecular flexibility index (Phi) is 1.93. The molecule has 1 heteroatoms. The molecule has 13 heavy (non-hydrogen) atoms. The van der Waals surface area contributed by atoms with Gasteiger partial charge in [0.1, 0.15) is 0 Å². The molecular formula is C12H13N. The average Bonchev–Trinajstić information content (AvgIpc) is 2.17. The minimum atomic E-state index is 0.703. The molecule has 0 radical (unpaired) electrons. The molecular weight excluding hydrogens is 158 g/mol. The molecule has 0 unspecified atom stereocenters. The predicted molar refractivity (Wildman–Crippen MR) is 56.1 cm³/mol. The van der Waals surface area contributed by atoms with Gasteiger partial charge in [0.2, 0.25) is 0 Å². The third-order valence-corrected chi connectivity index (χ3v) is 2.46. The second-order valence-corrected chi connectivity index (χ2v) is 3.39. The molecule has 66 valence electrons. The highest BCUT2D eigenvalue weighted by Crippen LogP contribution is 2.25. The molecule has 0 amide bonds. The molecule has 1 nitrogen and oxygen atoms in total. The van der Waals surface area contributed by atoms with Crippen molar-refractivity contribution in [3.8, 4) is 0 Å². The zero-order chi connectivity index (χ0) is 9.26. The third kappa shape index (κ3) is 1.50. The van der Waals surface area contributed by atoms with Crippen LogP contribution in [-0.4, -0.2) is 0 Å². The summed E-state index contributed by atoms with van der Waals surface area (Å²) in [6, 6.07) is 8.42. The van der Waals surface area contributed by atoms with Gasteiger partial charge in [-0.2, -0.15) is 0 Å². The number of hydrogen-bond donors (Lipinski definition) is 1. The Balaban J connectivity index is 2.44. The van der Waals surface area contributed by atoms with Crippen molar-refractivity contribution in [1.82, 2.24) is 0 Å². The molecule has 2 N–H and O–H groups in total. The zero-order valence-corrected chi connectivity index (χ0v) is 7.59. The first kappa shape index (κ1) is 8.11. The minimum Gasteiger partial charge on any atom is -0.399 e. The molecule has 2 rings (SSSR count). The van der Waals surface area contributed by atoms with E-state index in [0.29, 0.717) is 5.70 Å². The standard InChI is InChI=1S/C12H13N/c1-9(13)11-7-6-10-4-2-3-5-12(10)8-11/h2-5,8H,1,6-7,13H2. The van der Waals surface area contributed by atoms with Gasteiger partial charge in [-0.25, -0.2) is 0 Å². The molecule has 0 fully saturated rings. The van der Waals surface area contributed by atoms with Crippen molar-refractivity contribution in [2.75, 3.05) is 0 Å². The molecule has 0 saturated heterocycles. The maximum Gasteiger partial charge on any atom is 0.0273 e. The second-order valence-electron chi connectivity index (χ2n) is 3.39. The number of aryl methyl sites for hydroxylation is 1. The second kappa shape index (κ2) is 3.09. The quantitative estimate of drug-likeness (QED) is 0.690. The molecule has 0 aromatic heterocycles. The molecule has 0 aliphatic heterocycles. The number of allylic oxidation sites excluding steroid dienone is 1. The molecule has 0 spiro atoms. The fourth-order valence-electron chi connectivity index (χ4n) is 1.69. The summed E-state index contributed by atoms with van der Waals surface area (Å²) in [4.78, 5) is 0. The van der Waals surface area contributed by atoms with E-state index in [2.05, 4.69) is 36.9 Å². The lowest BCUT2D eigenvalue weighted by atomic mass is 9.91. The summed E-state index contributed by atoms with van der Waals surface area (Å²) in [6.07, 6.45) is 4.24. The number of nitrogens with two attached hydrogens (primary N) is 1. The van der Waals surface area contributed by atoms with Gasteiger partial charge in [-0.1, -0.05) is 30.8 Å². The maximum absolute atomic E-state index is 5.66. The van der Waals surface area contributed by atoms with E-state index in [1.54, 1.807) is 0 Å². The molecule has 1 aromatic carbocycles. The predicted octanol–water partition coefficient (Wildman–Crippen LogP) is 2.49. The summed E-state index contributed by atoms with van der Waals surface area (Å²) in [6.45, 7) is 3.76. The van der Waals surface area contributed by atoms with Gasteiger partial charge in [0.25, 0.3) is 0 Å². The van der Waals surface area contributed by atoms with Crippen LogP contribution in [0.5, 0.6) is 0 Å². The van der Waals surface area contributed by atoms with E-state index in [1.165, 1.54) is 16.7 Å². The SMILES string of the molecule is C=C(N)C1=Cc2ccccc2CC1. The third-order valence-electron chi connectivity index (χ3n) is 2.46. The van der Waals surface area contributed by atoms with Crippen molar-refractivity contribution in [3.05, 3.63) is 53.2 Å². The van der Waals surface area contributed by atoms with Crippen molar-refractivity contribution < 1.29 is 0 Å². The van der Waals surface area contributed by atoms with Gasteiger partial charge in [-0.3, -0.25) is 0 Å². The lowest BCUT2D eigenvalue weighted by molar-refractivity contribution is 0.930. The lowest BCUT2D eigenvalue weighted by Crippen LogP contribution is -2.05. The highest BCUT2D eigenvalue weighted by Gasteiger charge is 2.09. The van der Waals surface area contributed by atoms with Crippen LogP contribution >= 0.6 is 0 Å². The summed E-state index contributed by atoms with van der Waals surface area (Å²) >= 11 is 0. The Morgan fingerprint density at radius 2 is 2.00 bits per heavy atom. The monoisotopic (exact) mass is 171 g/mol. The van der Waals surface area contributed by atoms with E-state index in [-0.39, 0.29) is 0 Å². The Bertz CT molecular complexity index is 374. The Labute approximate surface area is 78.6 Å². The van der Waals surface area contributed by atoms with Crippen LogP contribution in [0.15, 0.2) is 42.1 Å². The van der Waals surface area contributed by atoms with E-state index < -0.39 is 0 Å². The zero-order valence-electron chi connectivity index (χ0n) is 7.59. The van der Waals surface area contributed by atoms with Crippen molar-refractivity contribution >= 4 is 6.08 Å². The van der Waals surface area contributed by atoms with E-state index in [4.69, 9.17) is 5.73 Å². The number of hydrogen-bond acceptors (Lipinski definition) is 1. The van der Waals surface area contributed by atoms with Crippen LogP contribution in [0.4, 0.5) is 0 Å². The summed E-state index contributed by atoms with van der Waals surface area (Å²) in [5, 5.41) is 0. The van der Waals surface area contributed by atoms with Gasteiger partial charge >= 0.3 is 0 Å². The van der Waals surface area contributed by atoms with Gasteiger partial charge < -0.3 is 5.73 Å². The maximum atomic E-state index is 5.66. The highest BCUT2D eigenvalue weighted by atomic mass is 14.6. The van der Waals surface area contributed by atoms with Crippen molar-refractivity contribution in [1.29, 1.82) is 0 Å². The number of fused-ring (bicyclic) bond motifs is 1. The normalized spacial score (nSPS) is 14.6. The molecule has 1 aliphatic carbocycles. The first-order valence-corrected chi connectivity index (χ1v) is 4.50. The van der Waals surface area contributed by atoms with Crippen molar-refractivity contribution in [2.45, 2.75) is 12.8 Å². The van der Waals surface area contributed by atoms with Crippen molar-refractivity contribution in [3.63, 3.8) is 0 Å². The van der Waals surface area contributed by atoms with Crippen LogP contribution in [0.25, 0.3) is 6.08 Å². The molecule has 1 aliphatic rings. The molecule has 1 aromatic rings. The van der Waals surface area contributed by atoms with Crippen LogP contribution in [0.2, 0.25) is 0 Å². The fourth-order valence-corrected chi connectivity index (χ4v) is 1.69. The molecule has 0 saturated carbocycles. The minimum absolute atomic E-state index is 0.703. The summed E-state index contributed by atoms with van der Waals surface area (Å²) in [7, 11) is 0. The van der Waals surface area contributed by atoms with Gasteiger partial charge in [0, 0.05) is 5.70 Å². The van der Waals surface area contributed by atoms with E-state index in [0.717, 1.165) is 12.8 Å². The van der Waals surface area contributed by atoms with Gasteiger partial charge in [0.05, 0.1) is 0 Å². The average molecular weight is 171 g/mol. The van der Waals surface area contributed by atoms with E-state index in [1.807, 2.05) is 0 Å². The van der Waals surface area contributed by atoms with Crippen LogP contribution in [0, 0.1) is 0 Å². The lowest BCUT2D eigenvalue weighted by Gasteiger charge is -2.15. The number of rotatable bonds is 1. The molecule has 0 bridgehead atoms. The van der Waals surface area contributed by atoms with E-state index in [9.17, 15) is 0 Å². The topological polar surface area (TPSA) is 26.0 Å². The van der Waals surface area contributed by atoms with Crippen LogP contribution in [0.1, 0.15) is 17.5 Å². The first-order valence-electron chi connectivity index (χ1n) is 4.50. The Morgan fingerprint density at radius 1 is 1.23 bits per heavy atom. The number of benzene rings is 1. The Hall–Kier alpha value is -1.50. The van der Waals surface area contributed by atoms with Gasteiger partial charge in [-0.15, -0.1) is 0 Å². The van der Waals surface area contributed by atoms with E-state index >= 15 is 0 Å². The molecule has 0 heterocycles. The smallest absolute Gasteiger partial charge is 0.0273 e. The van der Waals surface area contributed by atoms with Crippen LogP contribution in [-0.2, 0) is 6.42 Å². The fraction of sp³-hybridized carbons (Fsp3) is 0.167. The highest BCUT2D eigenvalue weighted by molar-refractivity contribution is 5.63. The Morgan fingerprint density at radius 3 is 2.77 bits per heavy atom. The summed E-state index contributed by atoms with van der Waals surface area (Å²) in [5.74, 6) is 0. The van der Waals surface area contributed by atoms with Crippen LogP contribution < -0.4 is 5.73 Å². The van der Waals surface area contributed by atoms with Gasteiger partial charge in [0.15, 0.2) is 0 Å². The van der Waals surface area contributed by atoms with Crippen molar-refractivity contribution in [2.24, 2.45) is 5.73 Å². The molecule has 0 atom stereocenters. The van der Waals surface area contributed by atoms with Gasteiger partial charge in [-0.05, 0) is 35.6 Å². The summed E-state index contributed by atoms with van der Waals surface area (Å²) < 4.78 is 0. The largest absolute Gasteiger partial charge is 0.399 e. The first-order chi connectivity index (χ1) is 6.27. The summed E-state index contributed by atoms with van der Waals surface area (Å²) in [5.41, 5.74) is 10.2.